The SMILES string of the molecule is O=[N+]([O-])c1c(I)ncn1OCO. The molecule has 1 aromatic heterocycles. The number of nitrogens with zero attached hydrogens (tertiary/aromatic N) is 3. The molecule has 66 valence electrons. The summed E-state index contributed by atoms with van der Waals surface area (Å²) in [7, 11) is 0. The number of halogens is 1. The zero-order valence-electron chi connectivity index (χ0n) is 5.68. The zero-order chi connectivity index (χ0) is 9.14. The van der Waals surface area contributed by atoms with Crippen molar-refractivity contribution in [1.29, 1.82) is 0 Å². The number of aliphatic hydroxyl groups is 1. The Morgan fingerprint density at radius 2 is 2.58 bits per heavy atom. The molecule has 8 heteroatoms. The van der Waals surface area contributed by atoms with Crippen LogP contribution >= 0.6 is 22.6 Å². The van der Waals surface area contributed by atoms with Crippen LogP contribution in [0, 0.1) is 13.8 Å². The van der Waals surface area contributed by atoms with Gasteiger partial charge in [-0.1, -0.05) is 0 Å². The first-order valence-electron chi connectivity index (χ1n) is 2.78. The summed E-state index contributed by atoms with van der Waals surface area (Å²) in [5.74, 6) is -0.287. The number of aliphatic hydroxyl groups excluding tert-OH is 1. The maximum absolute atomic E-state index is 10.4. The molecule has 0 saturated carbocycles. The number of nitro groups is 1. The Bertz CT molecular complexity index is 298. The molecule has 1 aromatic rings. The molecule has 1 heterocycles. The van der Waals surface area contributed by atoms with Crippen molar-refractivity contribution in [2.45, 2.75) is 0 Å². The van der Waals surface area contributed by atoms with Crippen LogP contribution in [0.2, 0.25) is 0 Å². The van der Waals surface area contributed by atoms with E-state index in [0.29, 0.717) is 0 Å². The molecular formula is C4H4IN3O4. The fourth-order valence-corrected chi connectivity index (χ4v) is 1.18. The van der Waals surface area contributed by atoms with E-state index in [1.165, 1.54) is 0 Å². The average Bonchev–Trinajstić information content (AvgIpc) is 2.32. The van der Waals surface area contributed by atoms with Crippen LogP contribution in [-0.4, -0.2) is 26.5 Å². The number of hydrogen-bond donors (Lipinski definition) is 1. The highest BCUT2D eigenvalue weighted by Gasteiger charge is 2.20. The lowest BCUT2D eigenvalue weighted by molar-refractivity contribution is -0.398. The minimum atomic E-state index is -0.634. The fraction of sp³-hybridized carbons (Fsp3) is 0.250. The third-order valence-electron chi connectivity index (χ3n) is 1.04. The second-order valence-electron chi connectivity index (χ2n) is 1.70. The van der Waals surface area contributed by atoms with Gasteiger partial charge in [-0.05, 0) is 32.2 Å². The van der Waals surface area contributed by atoms with Crippen LogP contribution in [0.15, 0.2) is 6.33 Å². The van der Waals surface area contributed by atoms with Gasteiger partial charge in [0, 0.05) is 0 Å². The minimum absolute atomic E-state index is 0.214. The molecule has 0 aromatic carbocycles. The first-order chi connectivity index (χ1) is 5.66. The summed E-state index contributed by atoms with van der Waals surface area (Å²) in [6, 6.07) is 0. The van der Waals surface area contributed by atoms with Crippen LogP contribution < -0.4 is 4.84 Å². The predicted octanol–water partition coefficient (Wildman–Crippen LogP) is -0.226. The molecule has 7 nitrogen and oxygen atoms in total. The lowest BCUT2D eigenvalue weighted by Crippen LogP contribution is -2.13. The highest BCUT2D eigenvalue weighted by molar-refractivity contribution is 14.1. The highest BCUT2D eigenvalue weighted by atomic mass is 127. The second-order valence-corrected chi connectivity index (χ2v) is 2.72. The van der Waals surface area contributed by atoms with Gasteiger partial charge in [0.05, 0.1) is 0 Å². The van der Waals surface area contributed by atoms with Gasteiger partial charge in [0.1, 0.15) is 0 Å². The third-order valence-corrected chi connectivity index (χ3v) is 1.80. The molecule has 0 saturated heterocycles. The first kappa shape index (κ1) is 9.19. The number of imidazole rings is 1. The van der Waals surface area contributed by atoms with Crippen LogP contribution in [0.5, 0.6) is 0 Å². The maximum atomic E-state index is 10.4. The van der Waals surface area contributed by atoms with E-state index in [2.05, 4.69) is 9.82 Å². The smallest absolute Gasteiger partial charge is 0.358 e. The topological polar surface area (TPSA) is 90.4 Å². The maximum Gasteiger partial charge on any atom is 0.395 e. The van der Waals surface area contributed by atoms with Gasteiger partial charge in [-0.25, -0.2) is 0 Å². The molecule has 0 aliphatic rings. The summed E-state index contributed by atoms with van der Waals surface area (Å²) < 4.78 is 1.02. The van der Waals surface area contributed by atoms with E-state index < -0.39 is 11.7 Å². The van der Waals surface area contributed by atoms with Crippen LogP contribution in [0.1, 0.15) is 0 Å². The molecule has 1 rings (SSSR count). The summed E-state index contributed by atoms with van der Waals surface area (Å²) in [5.41, 5.74) is 0. The Labute approximate surface area is 80.2 Å². The molecule has 0 spiro atoms. The molecule has 0 atom stereocenters. The van der Waals surface area contributed by atoms with Crippen molar-refractivity contribution in [1.82, 2.24) is 9.71 Å². The summed E-state index contributed by atoms with van der Waals surface area (Å²) in [5, 5.41) is 18.7. The molecule has 0 amide bonds. The van der Waals surface area contributed by atoms with E-state index in [1.807, 2.05) is 0 Å². The molecule has 12 heavy (non-hydrogen) atoms. The van der Waals surface area contributed by atoms with Crippen molar-refractivity contribution in [3.8, 4) is 0 Å². The van der Waals surface area contributed by atoms with Gasteiger partial charge in [-0.15, -0.1) is 0 Å². The number of aromatic nitrogens is 2. The lowest BCUT2D eigenvalue weighted by Gasteiger charge is -1.97. The van der Waals surface area contributed by atoms with Gasteiger partial charge in [-0.2, -0.15) is 4.98 Å². The van der Waals surface area contributed by atoms with E-state index in [-0.39, 0.29) is 9.52 Å². The van der Waals surface area contributed by atoms with Gasteiger partial charge >= 0.3 is 5.82 Å². The third kappa shape index (κ3) is 1.64. The molecule has 0 aliphatic heterocycles. The standard InChI is InChI=1S/C4H4IN3O4/c5-3-4(8(10)11)7(1-6-3)12-2-9/h1,9H,2H2. The fourth-order valence-electron chi connectivity index (χ4n) is 0.619. The summed E-state index contributed by atoms with van der Waals surface area (Å²) in [4.78, 5) is 17.8. The summed E-state index contributed by atoms with van der Waals surface area (Å²) >= 11 is 1.70. The van der Waals surface area contributed by atoms with Gasteiger partial charge in [0.15, 0.2) is 0 Å². The molecule has 0 bridgehead atoms. The second kappa shape index (κ2) is 3.67. The monoisotopic (exact) mass is 285 g/mol. The van der Waals surface area contributed by atoms with Crippen LogP contribution in [0.3, 0.4) is 0 Å². The van der Waals surface area contributed by atoms with Gasteiger partial charge in [0.25, 0.3) is 0 Å². The van der Waals surface area contributed by atoms with Crippen molar-refractivity contribution < 1.29 is 14.9 Å². The Balaban J connectivity index is 3.04. The minimum Gasteiger partial charge on any atom is -0.358 e. The van der Waals surface area contributed by atoms with Gasteiger partial charge < -0.3 is 20.1 Å². The first-order valence-corrected chi connectivity index (χ1v) is 3.86. The van der Waals surface area contributed by atoms with Crippen LogP contribution in [0.25, 0.3) is 0 Å². The van der Waals surface area contributed by atoms with Crippen molar-refractivity contribution in [3.63, 3.8) is 0 Å². The summed E-state index contributed by atoms with van der Waals surface area (Å²) in [6.45, 7) is -0.632. The Morgan fingerprint density at radius 1 is 1.92 bits per heavy atom. The van der Waals surface area contributed by atoms with E-state index in [1.54, 1.807) is 22.6 Å². The highest BCUT2D eigenvalue weighted by Crippen LogP contribution is 2.17. The van der Waals surface area contributed by atoms with Crippen molar-refractivity contribution in [3.05, 3.63) is 20.1 Å². The molecular weight excluding hydrogens is 281 g/mol. The molecule has 0 aliphatic carbocycles. The summed E-state index contributed by atoms with van der Waals surface area (Å²) in [6.07, 6.45) is 1.12. The number of hydrogen-bond acceptors (Lipinski definition) is 5. The van der Waals surface area contributed by atoms with Gasteiger partial charge in [-0.3, -0.25) is 0 Å². The zero-order valence-corrected chi connectivity index (χ0v) is 7.83. The van der Waals surface area contributed by atoms with Crippen molar-refractivity contribution in [2.24, 2.45) is 0 Å². The van der Waals surface area contributed by atoms with Crippen molar-refractivity contribution in [2.75, 3.05) is 6.79 Å². The van der Waals surface area contributed by atoms with Crippen molar-refractivity contribution >= 4 is 28.4 Å². The van der Waals surface area contributed by atoms with Crippen LogP contribution in [-0.2, 0) is 0 Å². The van der Waals surface area contributed by atoms with E-state index in [0.717, 1.165) is 11.1 Å². The normalized spacial score (nSPS) is 9.83. The number of rotatable bonds is 3. The largest absolute Gasteiger partial charge is 0.395 e. The Morgan fingerprint density at radius 3 is 3.08 bits per heavy atom. The van der Waals surface area contributed by atoms with Gasteiger partial charge in [0.2, 0.25) is 16.8 Å². The van der Waals surface area contributed by atoms with E-state index in [9.17, 15) is 10.1 Å². The Kier molecular flexibility index (Phi) is 2.81. The van der Waals surface area contributed by atoms with E-state index >= 15 is 0 Å². The quantitative estimate of drug-likeness (QED) is 0.358. The average molecular weight is 285 g/mol. The molecule has 1 N–H and O–H groups in total. The predicted molar refractivity (Wildman–Crippen MR) is 45.3 cm³/mol. The Hall–Kier alpha value is -0.900. The lowest BCUT2D eigenvalue weighted by atomic mass is 10.8. The molecule has 0 radical (unpaired) electrons. The van der Waals surface area contributed by atoms with E-state index in [4.69, 9.17) is 5.11 Å². The van der Waals surface area contributed by atoms with Crippen LogP contribution in [0.4, 0.5) is 5.82 Å². The molecule has 0 unspecified atom stereocenters. The molecule has 0 fully saturated rings.